The summed E-state index contributed by atoms with van der Waals surface area (Å²) >= 11 is 0. The molecule has 5 rings (SSSR count). The molecule has 0 unspecified atom stereocenters. The lowest BCUT2D eigenvalue weighted by Crippen LogP contribution is -2.42. The highest BCUT2D eigenvalue weighted by Crippen LogP contribution is 2.27. The Hall–Kier alpha value is -3.46. The zero-order valence-corrected chi connectivity index (χ0v) is 24.8. The van der Waals surface area contributed by atoms with Gasteiger partial charge in [-0.3, -0.25) is 13.9 Å². The van der Waals surface area contributed by atoms with Crippen molar-refractivity contribution in [3.8, 4) is 11.4 Å². The van der Waals surface area contributed by atoms with E-state index < -0.39 is 0 Å². The van der Waals surface area contributed by atoms with E-state index in [1.807, 2.05) is 24.3 Å². The van der Waals surface area contributed by atoms with Crippen LogP contribution in [0.15, 0.2) is 39.9 Å². The number of benzene rings is 1. The first-order valence-corrected chi connectivity index (χ1v) is 15.7. The van der Waals surface area contributed by atoms with Crippen LogP contribution in [0.5, 0.6) is 0 Å². The number of unbranched alkanes of at least 4 members (excludes halogenated alkanes) is 1. The van der Waals surface area contributed by atoms with Gasteiger partial charge in [0, 0.05) is 38.4 Å². The largest absolute Gasteiger partial charge is 0.463 e. The molecule has 0 atom stereocenters. The van der Waals surface area contributed by atoms with E-state index in [1.165, 1.54) is 36.3 Å². The van der Waals surface area contributed by atoms with E-state index in [1.54, 1.807) is 17.8 Å². The van der Waals surface area contributed by atoms with Crippen molar-refractivity contribution in [2.75, 3.05) is 20.3 Å². The monoisotopic (exact) mass is 576 g/mol. The first kappa shape index (κ1) is 30.0. The fourth-order valence-electron chi connectivity index (χ4n) is 6.37. The van der Waals surface area contributed by atoms with Crippen LogP contribution in [0.25, 0.3) is 28.6 Å². The molecular formula is C33H44N4O5. The maximum Gasteiger partial charge on any atom is 0.332 e. The van der Waals surface area contributed by atoms with Gasteiger partial charge in [-0.2, -0.15) is 0 Å². The van der Waals surface area contributed by atoms with Crippen molar-refractivity contribution in [3.63, 3.8) is 0 Å². The second kappa shape index (κ2) is 14.6. The van der Waals surface area contributed by atoms with E-state index in [0.717, 1.165) is 62.5 Å². The van der Waals surface area contributed by atoms with E-state index >= 15 is 0 Å². The Morgan fingerprint density at radius 3 is 2.17 bits per heavy atom. The number of hydrogen-bond donors (Lipinski definition) is 1. The van der Waals surface area contributed by atoms with E-state index in [-0.39, 0.29) is 17.2 Å². The maximum atomic E-state index is 13.8. The molecule has 2 aliphatic carbocycles. The van der Waals surface area contributed by atoms with Gasteiger partial charge in [-0.15, -0.1) is 0 Å². The van der Waals surface area contributed by atoms with Crippen molar-refractivity contribution in [1.82, 2.24) is 19.1 Å². The quantitative estimate of drug-likeness (QED) is 0.168. The van der Waals surface area contributed by atoms with Gasteiger partial charge in [-0.1, -0.05) is 62.8 Å². The molecule has 2 heterocycles. The van der Waals surface area contributed by atoms with Crippen LogP contribution < -0.4 is 11.2 Å². The van der Waals surface area contributed by atoms with E-state index in [9.17, 15) is 14.4 Å². The SMILES string of the molecule is COCCCCOC(=O)/C=C/c1ccc(-c2nc3c([nH]2)c(=O)n(CC2CCCCC2)c(=O)n3CC2CCCCC2)cc1. The molecule has 2 aliphatic rings. The van der Waals surface area contributed by atoms with Crippen molar-refractivity contribution < 1.29 is 14.3 Å². The molecule has 9 nitrogen and oxygen atoms in total. The Morgan fingerprint density at radius 1 is 0.905 bits per heavy atom. The first-order chi connectivity index (χ1) is 20.5. The number of methoxy groups -OCH3 is 1. The highest BCUT2D eigenvalue weighted by atomic mass is 16.5. The third kappa shape index (κ3) is 7.48. The minimum atomic E-state index is -0.380. The summed E-state index contributed by atoms with van der Waals surface area (Å²) in [4.78, 5) is 47.5. The lowest BCUT2D eigenvalue weighted by molar-refractivity contribution is -0.137. The molecule has 42 heavy (non-hydrogen) atoms. The molecule has 0 aliphatic heterocycles. The van der Waals surface area contributed by atoms with E-state index in [0.29, 0.717) is 55.1 Å². The van der Waals surface area contributed by atoms with Gasteiger partial charge in [-0.25, -0.2) is 14.6 Å². The summed E-state index contributed by atoms with van der Waals surface area (Å²) in [7, 11) is 1.65. The fourth-order valence-corrected chi connectivity index (χ4v) is 6.37. The molecular weight excluding hydrogens is 532 g/mol. The lowest BCUT2D eigenvalue weighted by atomic mass is 9.89. The van der Waals surface area contributed by atoms with E-state index in [4.69, 9.17) is 14.5 Å². The molecule has 0 radical (unpaired) electrons. The average Bonchev–Trinajstić information content (AvgIpc) is 3.47. The molecule has 9 heteroatoms. The Balaban J connectivity index is 1.38. The molecule has 2 fully saturated rings. The number of rotatable bonds is 12. The number of nitrogens with zero attached hydrogens (tertiary/aromatic N) is 3. The summed E-state index contributed by atoms with van der Waals surface area (Å²) in [6, 6.07) is 7.58. The van der Waals surface area contributed by atoms with Crippen molar-refractivity contribution in [1.29, 1.82) is 0 Å². The van der Waals surface area contributed by atoms with Gasteiger partial charge in [0.05, 0.1) is 6.61 Å². The summed E-state index contributed by atoms with van der Waals surface area (Å²) in [5, 5.41) is 0. The molecule has 2 aromatic heterocycles. The fraction of sp³-hybridized carbons (Fsp3) is 0.576. The number of hydrogen-bond acceptors (Lipinski definition) is 6. The number of fused-ring (bicyclic) bond motifs is 1. The third-order valence-corrected chi connectivity index (χ3v) is 8.78. The standard InChI is InChI=1S/C33H44N4O5/c1-41-20-8-9-21-42-28(38)19-16-24-14-17-27(18-15-24)30-34-29-31(35-30)36(22-25-10-4-2-5-11-25)33(40)37(32(29)39)23-26-12-6-3-7-13-26/h14-19,25-26H,2-13,20-23H2,1H3,(H,34,35)/b19-16+. The first-order valence-electron chi connectivity index (χ1n) is 15.7. The normalized spacial score (nSPS) is 16.9. The number of aromatic nitrogens is 4. The van der Waals surface area contributed by atoms with Crippen molar-refractivity contribution in [3.05, 3.63) is 56.7 Å². The van der Waals surface area contributed by atoms with Crippen LogP contribution in [0, 0.1) is 11.8 Å². The topological polar surface area (TPSA) is 108 Å². The highest BCUT2D eigenvalue weighted by Gasteiger charge is 2.24. The highest BCUT2D eigenvalue weighted by molar-refractivity contribution is 5.87. The molecule has 226 valence electrons. The van der Waals surface area contributed by atoms with E-state index in [2.05, 4.69) is 4.98 Å². The molecule has 1 aromatic carbocycles. The summed E-state index contributed by atoms with van der Waals surface area (Å²) < 4.78 is 13.4. The molecule has 3 aromatic rings. The van der Waals surface area contributed by atoms with Crippen LogP contribution in [-0.4, -0.2) is 45.4 Å². The van der Waals surface area contributed by atoms with Gasteiger partial charge in [0.2, 0.25) is 0 Å². The number of imidazole rings is 1. The Labute approximate surface area is 246 Å². The number of carbonyl (C=O) groups excluding carboxylic acids is 1. The number of aromatic amines is 1. The van der Waals surface area contributed by atoms with Gasteiger partial charge < -0.3 is 14.5 Å². The minimum absolute atomic E-state index is 0.229. The van der Waals surface area contributed by atoms with Crippen molar-refractivity contribution in [2.24, 2.45) is 11.8 Å². The van der Waals surface area contributed by atoms with Gasteiger partial charge in [-0.05, 0) is 62.0 Å². The zero-order valence-electron chi connectivity index (χ0n) is 24.8. The molecule has 0 spiro atoms. The molecule has 0 bridgehead atoms. The Kier molecular flexibility index (Phi) is 10.5. The van der Waals surface area contributed by atoms with Gasteiger partial charge in [0.15, 0.2) is 5.65 Å². The second-order valence-corrected chi connectivity index (χ2v) is 11.9. The second-order valence-electron chi connectivity index (χ2n) is 11.9. The number of ether oxygens (including phenoxy) is 2. The predicted molar refractivity (Wildman–Crippen MR) is 164 cm³/mol. The summed E-state index contributed by atoms with van der Waals surface area (Å²) in [6.45, 7) is 2.09. The lowest BCUT2D eigenvalue weighted by Gasteiger charge is -2.24. The predicted octanol–water partition coefficient (Wildman–Crippen LogP) is 5.70. The zero-order chi connectivity index (χ0) is 29.3. The third-order valence-electron chi connectivity index (χ3n) is 8.78. The smallest absolute Gasteiger partial charge is 0.332 e. The summed E-state index contributed by atoms with van der Waals surface area (Å²) in [5.41, 5.74) is 1.98. The van der Waals surface area contributed by atoms with Gasteiger partial charge in [0.25, 0.3) is 5.56 Å². The van der Waals surface area contributed by atoms with Crippen LogP contribution in [-0.2, 0) is 27.4 Å². The van der Waals surface area contributed by atoms with Crippen molar-refractivity contribution in [2.45, 2.75) is 90.1 Å². The number of carbonyl (C=O) groups is 1. The maximum absolute atomic E-state index is 13.8. The minimum Gasteiger partial charge on any atom is -0.463 e. The van der Waals surface area contributed by atoms with Gasteiger partial charge in [0.1, 0.15) is 11.3 Å². The summed E-state index contributed by atoms with van der Waals surface area (Å²) in [6.07, 6.45) is 16.2. The van der Waals surface area contributed by atoms with Crippen molar-refractivity contribution >= 4 is 23.2 Å². The van der Waals surface area contributed by atoms with Crippen LogP contribution >= 0.6 is 0 Å². The Morgan fingerprint density at radius 2 is 1.52 bits per heavy atom. The van der Waals surface area contributed by atoms with Crippen LogP contribution in [0.4, 0.5) is 0 Å². The average molecular weight is 577 g/mol. The van der Waals surface area contributed by atoms with Crippen LogP contribution in [0.3, 0.4) is 0 Å². The van der Waals surface area contributed by atoms with Crippen LogP contribution in [0.1, 0.15) is 82.6 Å². The molecule has 0 amide bonds. The van der Waals surface area contributed by atoms with Gasteiger partial charge >= 0.3 is 11.7 Å². The van der Waals surface area contributed by atoms with Crippen LogP contribution in [0.2, 0.25) is 0 Å². The number of nitrogens with one attached hydrogen (secondary N) is 1. The molecule has 2 saturated carbocycles. The number of esters is 1. The number of H-pyrrole nitrogens is 1. The summed E-state index contributed by atoms with van der Waals surface area (Å²) in [5.74, 6) is 0.957. The molecule has 1 N–H and O–H groups in total. The molecule has 0 saturated heterocycles. The Bertz CT molecular complexity index is 1470.